The maximum absolute atomic E-state index is 5.65. The summed E-state index contributed by atoms with van der Waals surface area (Å²) in [5, 5.41) is 1.54. The van der Waals surface area contributed by atoms with E-state index < -0.39 is 0 Å². The SMILES string of the molecule is C/C(Cl)=C\C(C)=C(/C)Cl. The second-order valence-corrected chi connectivity index (χ2v) is 3.11. The van der Waals surface area contributed by atoms with Crippen LogP contribution in [0.1, 0.15) is 20.8 Å². The van der Waals surface area contributed by atoms with Crippen molar-refractivity contribution >= 4 is 23.2 Å². The molecule has 0 aromatic heterocycles. The molecule has 9 heavy (non-hydrogen) atoms. The molecule has 0 aliphatic rings. The molecule has 0 N–H and O–H groups in total. The molecule has 0 fully saturated rings. The van der Waals surface area contributed by atoms with Crippen molar-refractivity contribution in [3.63, 3.8) is 0 Å². The van der Waals surface area contributed by atoms with Crippen LogP contribution in [0.15, 0.2) is 21.7 Å². The van der Waals surface area contributed by atoms with Crippen LogP contribution in [0.5, 0.6) is 0 Å². The van der Waals surface area contributed by atoms with Crippen molar-refractivity contribution in [1.82, 2.24) is 0 Å². The summed E-state index contributed by atoms with van der Waals surface area (Å²) in [6.07, 6.45) is 1.84. The lowest BCUT2D eigenvalue weighted by molar-refractivity contribution is 1.42. The molecule has 0 aromatic carbocycles. The Hall–Kier alpha value is 0.0600. The molecule has 0 atom stereocenters. The van der Waals surface area contributed by atoms with Gasteiger partial charge in [0, 0.05) is 10.1 Å². The van der Waals surface area contributed by atoms with Crippen molar-refractivity contribution in [2.75, 3.05) is 0 Å². The Balaban J connectivity index is 4.25. The van der Waals surface area contributed by atoms with Crippen LogP contribution in [0.3, 0.4) is 0 Å². The Bertz CT molecular complexity index is 146. The second-order valence-electron chi connectivity index (χ2n) is 1.95. The lowest BCUT2D eigenvalue weighted by Gasteiger charge is -1.92. The van der Waals surface area contributed by atoms with Crippen LogP contribution < -0.4 is 0 Å². The molecule has 0 spiro atoms. The summed E-state index contributed by atoms with van der Waals surface area (Å²) in [4.78, 5) is 0. The van der Waals surface area contributed by atoms with Crippen molar-refractivity contribution in [2.45, 2.75) is 20.8 Å². The highest BCUT2D eigenvalue weighted by Crippen LogP contribution is 2.12. The van der Waals surface area contributed by atoms with Crippen LogP contribution in [-0.2, 0) is 0 Å². The Morgan fingerprint density at radius 3 is 1.67 bits per heavy atom. The fourth-order valence-corrected chi connectivity index (χ4v) is 0.616. The van der Waals surface area contributed by atoms with Crippen molar-refractivity contribution in [3.8, 4) is 0 Å². The highest BCUT2D eigenvalue weighted by molar-refractivity contribution is 6.31. The largest absolute Gasteiger partial charge is 0.0895 e. The van der Waals surface area contributed by atoms with Gasteiger partial charge in [0.05, 0.1) is 0 Å². The highest BCUT2D eigenvalue weighted by atomic mass is 35.5. The van der Waals surface area contributed by atoms with Gasteiger partial charge in [0.2, 0.25) is 0 Å². The van der Waals surface area contributed by atoms with Gasteiger partial charge in [0.25, 0.3) is 0 Å². The average molecular weight is 165 g/mol. The van der Waals surface area contributed by atoms with E-state index in [1.165, 1.54) is 0 Å². The summed E-state index contributed by atoms with van der Waals surface area (Å²) < 4.78 is 0. The summed E-state index contributed by atoms with van der Waals surface area (Å²) in [5.74, 6) is 0. The lowest BCUT2D eigenvalue weighted by Crippen LogP contribution is -1.70. The molecule has 0 aliphatic heterocycles. The van der Waals surface area contributed by atoms with Crippen molar-refractivity contribution in [1.29, 1.82) is 0 Å². The van der Waals surface area contributed by atoms with Crippen LogP contribution in [0.25, 0.3) is 0 Å². The molecule has 0 nitrogen and oxygen atoms in total. The van der Waals surface area contributed by atoms with E-state index in [4.69, 9.17) is 23.2 Å². The molecule has 0 radical (unpaired) electrons. The summed E-state index contributed by atoms with van der Waals surface area (Å²) in [6.45, 7) is 5.59. The third kappa shape index (κ3) is 4.56. The van der Waals surface area contributed by atoms with Gasteiger partial charge >= 0.3 is 0 Å². The maximum Gasteiger partial charge on any atom is 0.0179 e. The van der Waals surface area contributed by atoms with E-state index in [1.807, 2.05) is 26.8 Å². The Kier molecular flexibility index (Phi) is 4.00. The number of hydrogen-bond donors (Lipinski definition) is 0. The first kappa shape index (κ1) is 9.06. The predicted molar refractivity (Wildman–Crippen MR) is 43.8 cm³/mol. The topological polar surface area (TPSA) is 0 Å². The van der Waals surface area contributed by atoms with Gasteiger partial charge in [-0.2, -0.15) is 0 Å². The Morgan fingerprint density at radius 1 is 1.11 bits per heavy atom. The standard InChI is InChI=1S/C7H10Cl2/c1-5(7(3)9)4-6(2)8/h4H,1-3H3/b6-4+,7-5+. The zero-order valence-corrected chi connectivity index (χ0v) is 7.35. The van der Waals surface area contributed by atoms with Gasteiger partial charge in [-0.3, -0.25) is 0 Å². The molecule has 52 valence electrons. The van der Waals surface area contributed by atoms with Gasteiger partial charge in [-0.15, -0.1) is 0 Å². The van der Waals surface area contributed by atoms with E-state index in [9.17, 15) is 0 Å². The number of allylic oxidation sites excluding steroid dienone is 4. The van der Waals surface area contributed by atoms with Crippen LogP contribution in [0.4, 0.5) is 0 Å². The van der Waals surface area contributed by atoms with Crippen LogP contribution in [0, 0.1) is 0 Å². The zero-order valence-electron chi connectivity index (χ0n) is 5.83. The van der Waals surface area contributed by atoms with E-state index in [2.05, 4.69) is 0 Å². The minimum Gasteiger partial charge on any atom is -0.0895 e. The van der Waals surface area contributed by atoms with Gasteiger partial charge in [0.1, 0.15) is 0 Å². The number of rotatable bonds is 1. The smallest absolute Gasteiger partial charge is 0.0179 e. The molecule has 0 amide bonds. The van der Waals surface area contributed by atoms with Crippen LogP contribution >= 0.6 is 23.2 Å². The first-order chi connectivity index (χ1) is 4.04. The third-order valence-corrected chi connectivity index (χ3v) is 1.37. The van der Waals surface area contributed by atoms with E-state index in [-0.39, 0.29) is 0 Å². The van der Waals surface area contributed by atoms with Crippen molar-refractivity contribution in [3.05, 3.63) is 21.7 Å². The van der Waals surface area contributed by atoms with Crippen LogP contribution in [-0.4, -0.2) is 0 Å². The number of halogens is 2. The average Bonchev–Trinajstić information content (AvgIpc) is 1.63. The lowest BCUT2D eigenvalue weighted by atomic mass is 10.3. The molecule has 0 rings (SSSR count). The van der Waals surface area contributed by atoms with Gasteiger partial charge in [-0.05, 0) is 32.4 Å². The molecular weight excluding hydrogens is 155 g/mol. The summed E-state index contributed by atoms with van der Waals surface area (Å²) in [7, 11) is 0. The van der Waals surface area contributed by atoms with E-state index in [0.717, 1.165) is 15.6 Å². The van der Waals surface area contributed by atoms with Crippen molar-refractivity contribution in [2.24, 2.45) is 0 Å². The second kappa shape index (κ2) is 3.97. The minimum atomic E-state index is 0.757. The van der Waals surface area contributed by atoms with E-state index >= 15 is 0 Å². The van der Waals surface area contributed by atoms with Crippen molar-refractivity contribution < 1.29 is 0 Å². The monoisotopic (exact) mass is 164 g/mol. The first-order valence-corrected chi connectivity index (χ1v) is 3.46. The summed E-state index contributed by atoms with van der Waals surface area (Å²) in [6, 6.07) is 0. The first-order valence-electron chi connectivity index (χ1n) is 2.71. The molecule has 0 saturated heterocycles. The third-order valence-electron chi connectivity index (χ3n) is 0.959. The normalized spacial score (nSPS) is 15.4. The fraction of sp³-hybridized carbons (Fsp3) is 0.429. The van der Waals surface area contributed by atoms with Gasteiger partial charge in [-0.1, -0.05) is 23.2 Å². The molecule has 0 bridgehead atoms. The van der Waals surface area contributed by atoms with Gasteiger partial charge in [-0.25, -0.2) is 0 Å². The number of hydrogen-bond acceptors (Lipinski definition) is 0. The van der Waals surface area contributed by atoms with E-state index in [1.54, 1.807) is 0 Å². The highest BCUT2D eigenvalue weighted by Gasteiger charge is 1.87. The van der Waals surface area contributed by atoms with Crippen LogP contribution in [0.2, 0.25) is 0 Å². The van der Waals surface area contributed by atoms with Gasteiger partial charge in [0.15, 0.2) is 0 Å². The van der Waals surface area contributed by atoms with Gasteiger partial charge < -0.3 is 0 Å². The molecule has 2 heteroatoms. The minimum absolute atomic E-state index is 0.757. The molecule has 0 aliphatic carbocycles. The molecular formula is C7H10Cl2. The van der Waals surface area contributed by atoms with E-state index in [0.29, 0.717) is 0 Å². The molecule has 0 saturated carbocycles. The summed E-state index contributed by atoms with van der Waals surface area (Å²) in [5.41, 5.74) is 1.02. The zero-order chi connectivity index (χ0) is 7.44. The predicted octanol–water partition coefficient (Wildman–Crippen LogP) is 3.66. The summed E-state index contributed by atoms with van der Waals surface area (Å²) >= 11 is 11.2. The molecule has 0 unspecified atom stereocenters. The maximum atomic E-state index is 5.65. The fourth-order valence-electron chi connectivity index (χ4n) is 0.398. The quantitative estimate of drug-likeness (QED) is 0.520. The Labute approximate surface area is 66.2 Å². The Morgan fingerprint density at radius 2 is 1.56 bits per heavy atom. The molecule has 0 aromatic rings. The molecule has 0 heterocycles.